The van der Waals surface area contributed by atoms with Crippen molar-refractivity contribution >= 4 is 20.6 Å². The molecular formula is C18H28N5P. The molecule has 1 heterocycles. The molecular weight excluding hydrogens is 317 g/mol. The fraction of sp³-hybridized carbons (Fsp3) is 0.333. The molecule has 0 bridgehead atoms. The fourth-order valence-electron chi connectivity index (χ4n) is 2.08. The van der Waals surface area contributed by atoms with Gasteiger partial charge in [-0.25, -0.2) is 0 Å². The Hall–Kier alpha value is -2.13. The Morgan fingerprint density at radius 2 is 2.21 bits per heavy atom. The van der Waals surface area contributed by atoms with Gasteiger partial charge in [-0.1, -0.05) is 39.5 Å². The summed E-state index contributed by atoms with van der Waals surface area (Å²) >= 11 is 0. The van der Waals surface area contributed by atoms with Crippen LogP contribution in [0.5, 0.6) is 0 Å². The predicted molar refractivity (Wildman–Crippen MR) is 109 cm³/mol. The van der Waals surface area contributed by atoms with Crippen LogP contribution in [0.4, 0.5) is 0 Å². The minimum atomic E-state index is 0.523. The number of nitrogens with two attached hydrogens (primary N) is 1. The van der Waals surface area contributed by atoms with Crippen LogP contribution >= 0.6 is 8.58 Å². The molecule has 5 nitrogen and oxygen atoms in total. The van der Waals surface area contributed by atoms with Crippen LogP contribution in [0.1, 0.15) is 20.8 Å². The van der Waals surface area contributed by atoms with Crippen molar-refractivity contribution in [1.29, 1.82) is 0 Å². The largest absolute Gasteiger partial charge is 0.399 e. The normalized spacial score (nSPS) is 17.7. The molecule has 0 aromatic carbocycles. The number of nitrogens with one attached hydrogen (secondary N) is 2. The summed E-state index contributed by atoms with van der Waals surface area (Å²) in [6, 6.07) is 0. The lowest BCUT2D eigenvalue weighted by atomic mass is 10.2. The predicted octanol–water partition coefficient (Wildman–Crippen LogP) is 3.02. The average Bonchev–Trinajstić information content (AvgIpc) is 2.56. The molecule has 0 saturated carbocycles. The van der Waals surface area contributed by atoms with E-state index in [1.165, 1.54) is 5.31 Å². The lowest BCUT2D eigenvalue weighted by molar-refractivity contribution is 0.892. The number of hydrogen-bond acceptors (Lipinski definition) is 5. The van der Waals surface area contributed by atoms with E-state index < -0.39 is 0 Å². The second-order valence-electron chi connectivity index (χ2n) is 5.13. The summed E-state index contributed by atoms with van der Waals surface area (Å²) in [6.45, 7) is 10.9. The Morgan fingerprint density at radius 3 is 2.88 bits per heavy atom. The topological polar surface area (TPSA) is 74.8 Å². The molecule has 1 aliphatic heterocycles. The second kappa shape index (κ2) is 11.4. The Balaban J connectivity index is 2.56. The van der Waals surface area contributed by atoms with Gasteiger partial charge in [0.1, 0.15) is 11.5 Å². The zero-order chi connectivity index (χ0) is 17.8. The third kappa shape index (κ3) is 6.97. The number of rotatable bonds is 8. The van der Waals surface area contributed by atoms with Gasteiger partial charge in [0.15, 0.2) is 0 Å². The summed E-state index contributed by atoms with van der Waals surface area (Å²) in [5.74, 6) is 0.821. The molecule has 0 fully saturated rings. The molecule has 4 N–H and O–H groups in total. The quantitative estimate of drug-likeness (QED) is 0.360. The van der Waals surface area contributed by atoms with Crippen molar-refractivity contribution < 1.29 is 0 Å². The zero-order valence-electron chi connectivity index (χ0n) is 14.8. The molecule has 6 heteroatoms. The average molecular weight is 345 g/mol. The molecule has 130 valence electrons. The highest BCUT2D eigenvalue weighted by Crippen LogP contribution is 2.30. The van der Waals surface area contributed by atoms with Gasteiger partial charge in [0.05, 0.1) is 12.8 Å². The minimum absolute atomic E-state index is 0.523. The van der Waals surface area contributed by atoms with Crippen molar-refractivity contribution in [1.82, 2.24) is 10.6 Å². The lowest BCUT2D eigenvalue weighted by Gasteiger charge is -2.17. The number of nitrogens with zero attached hydrogens (tertiary/aromatic N) is 2. The smallest absolute Gasteiger partial charge is 0.148 e. The van der Waals surface area contributed by atoms with Crippen LogP contribution in [0.2, 0.25) is 0 Å². The van der Waals surface area contributed by atoms with Crippen LogP contribution in [0.15, 0.2) is 69.3 Å². The molecule has 0 aliphatic carbocycles. The molecule has 1 rings (SSSR count). The first kappa shape index (κ1) is 19.9. The van der Waals surface area contributed by atoms with Gasteiger partial charge in [0.2, 0.25) is 0 Å². The first-order valence-corrected chi connectivity index (χ1v) is 9.17. The summed E-state index contributed by atoms with van der Waals surface area (Å²) in [4.78, 5) is 8.94. The van der Waals surface area contributed by atoms with Gasteiger partial charge >= 0.3 is 0 Å². The third-order valence-electron chi connectivity index (χ3n) is 3.19. The van der Waals surface area contributed by atoms with Gasteiger partial charge in [-0.3, -0.25) is 9.98 Å². The summed E-state index contributed by atoms with van der Waals surface area (Å²) in [7, 11) is 0.707. The van der Waals surface area contributed by atoms with Crippen LogP contribution in [0.3, 0.4) is 0 Å². The van der Waals surface area contributed by atoms with Crippen LogP contribution in [-0.4, -0.2) is 31.4 Å². The standard InChI is InChI=1S/C18H28N5P/c1-5-8-15(9-6-2)10-20-11-16(19)12-22-18-17(21-7-3)14(4)24-13-23-18/h5-9,11,20,24H,1,10,12-13,19H2,2-4H3,(H,22,23)/b9-6-,15-8+,16-11-,21-7?. The van der Waals surface area contributed by atoms with Gasteiger partial charge in [-0.05, 0) is 31.7 Å². The van der Waals surface area contributed by atoms with Gasteiger partial charge in [0.25, 0.3) is 0 Å². The highest BCUT2D eigenvalue weighted by molar-refractivity contribution is 7.43. The van der Waals surface area contributed by atoms with Crippen LogP contribution in [0, 0.1) is 0 Å². The van der Waals surface area contributed by atoms with Gasteiger partial charge in [0, 0.05) is 24.7 Å². The van der Waals surface area contributed by atoms with Crippen LogP contribution in [0.25, 0.3) is 0 Å². The van der Waals surface area contributed by atoms with Crippen LogP contribution in [-0.2, 0) is 0 Å². The highest BCUT2D eigenvalue weighted by atomic mass is 31.1. The van der Waals surface area contributed by atoms with Gasteiger partial charge in [-0.15, -0.1) is 0 Å². The molecule has 0 spiro atoms. The Kier molecular flexibility index (Phi) is 9.47. The van der Waals surface area contributed by atoms with E-state index in [2.05, 4.69) is 34.1 Å². The van der Waals surface area contributed by atoms with Gasteiger partial charge < -0.3 is 16.4 Å². The van der Waals surface area contributed by atoms with E-state index in [-0.39, 0.29) is 0 Å². The first-order valence-electron chi connectivity index (χ1n) is 7.96. The zero-order valence-corrected chi connectivity index (χ0v) is 15.8. The van der Waals surface area contributed by atoms with Crippen molar-refractivity contribution in [3.8, 4) is 0 Å². The molecule has 24 heavy (non-hydrogen) atoms. The molecule has 0 radical (unpaired) electrons. The number of amidine groups is 1. The summed E-state index contributed by atoms with van der Waals surface area (Å²) in [6.07, 6.45) is 12.2. The van der Waals surface area contributed by atoms with Crippen molar-refractivity contribution in [2.45, 2.75) is 20.8 Å². The van der Waals surface area contributed by atoms with E-state index in [9.17, 15) is 0 Å². The Labute approximate surface area is 147 Å². The van der Waals surface area contributed by atoms with E-state index in [0.29, 0.717) is 27.4 Å². The number of hydrogen-bond donors (Lipinski definition) is 3. The summed E-state index contributed by atoms with van der Waals surface area (Å²) < 4.78 is 0. The Bertz CT molecular complexity index is 609. The van der Waals surface area contributed by atoms with E-state index in [1.54, 1.807) is 12.3 Å². The van der Waals surface area contributed by atoms with E-state index >= 15 is 0 Å². The Morgan fingerprint density at radius 1 is 1.42 bits per heavy atom. The monoisotopic (exact) mass is 345 g/mol. The molecule has 0 aromatic heterocycles. The molecule has 0 saturated heterocycles. The van der Waals surface area contributed by atoms with Crippen molar-refractivity contribution in [2.24, 2.45) is 15.7 Å². The van der Waals surface area contributed by atoms with E-state index in [4.69, 9.17) is 5.73 Å². The first-order chi connectivity index (χ1) is 11.6. The molecule has 1 unspecified atom stereocenters. The van der Waals surface area contributed by atoms with Crippen molar-refractivity contribution in [3.63, 3.8) is 0 Å². The van der Waals surface area contributed by atoms with Crippen molar-refractivity contribution in [3.05, 3.63) is 59.4 Å². The summed E-state index contributed by atoms with van der Waals surface area (Å²) in [5, 5.41) is 7.77. The minimum Gasteiger partial charge on any atom is -0.399 e. The fourth-order valence-corrected chi connectivity index (χ4v) is 2.90. The molecule has 0 amide bonds. The number of allylic oxidation sites excluding steroid dienone is 4. The third-order valence-corrected chi connectivity index (χ3v) is 4.27. The molecule has 1 atom stereocenters. The lowest BCUT2D eigenvalue weighted by Crippen LogP contribution is -2.31. The van der Waals surface area contributed by atoms with E-state index in [1.807, 2.05) is 38.3 Å². The molecule has 1 aliphatic rings. The summed E-state index contributed by atoms with van der Waals surface area (Å²) in [5.41, 5.74) is 8.84. The molecule has 0 aromatic rings. The van der Waals surface area contributed by atoms with Crippen LogP contribution < -0.4 is 16.4 Å². The highest BCUT2D eigenvalue weighted by Gasteiger charge is 2.13. The maximum atomic E-state index is 6.05. The maximum Gasteiger partial charge on any atom is 0.148 e. The number of aliphatic imine (C=N–C) groups is 2. The SMILES string of the molecule is C=C/C=C(\C=C/C)CN/C=C(\N)CNC1=NCPC(C)=C1N=CC. The van der Waals surface area contributed by atoms with Gasteiger partial charge in [-0.2, -0.15) is 0 Å². The maximum absolute atomic E-state index is 6.05. The van der Waals surface area contributed by atoms with Crippen molar-refractivity contribution in [2.75, 3.05) is 19.4 Å². The second-order valence-corrected chi connectivity index (χ2v) is 6.55. The van der Waals surface area contributed by atoms with E-state index in [0.717, 1.165) is 23.4 Å².